The Hall–Kier alpha value is -0.920. The second-order valence-corrected chi connectivity index (χ2v) is 3.16. The van der Waals surface area contributed by atoms with Crippen molar-refractivity contribution in [1.29, 1.82) is 0 Å². The highest BCUT2D eigenvalue weighted by atomic mass is 19.0. The van der Waals surface area contributed by atoms with Gasteiger partial charge in [-0.15, -0.1) is 0 Å². The summed E-state index contributed by atoms with van der Waals surface area (Å²) in [6.07, 6.45) is 8.07. The summed E-state index contributed by atoms with van der Waals surface area (Å²) in [5.41, 5.74) is 1.42. The van der Waals surface area contributed by atoms with Gasteiger partial charge >= 0.3 is 0 Å². The van der Waals surface area contributed by atoms with Crippen LogP contribution in [0.1, 0.15) is 32.3 Å². The van der Waals surface area contributed by atoms with Crippen LogP contribution in [0.15, 0.2) is 24.5 Å². The van der Waals surface area contributed by atoms with Gasteiger partial charge in [-0.1, -0.05) is 20.3 Å². The number of hydrogen-bond donors (Lipinski definition) is 0. The lowest BCUT2D eigenvalue weighted by molar-refractivity contribution is -0.697. The normalized spacial score (nSPS) is 9.38. The van der Waals surface area contributed by atoms with Gasteiger partial charge in [0.15, 0.2) is 12.4 Å². The summed E-state index contributed by atoms with van der Waals surface area (Å²) in [6, 6.07) is 4.32. The molecule has 13 heavy (non-hydrogen) atoms. The van der Waals surface area contributed by atoms with E-state index in [4.69, 9.17) is 0 Å². The molecule has 0 bridgehead atoms. The van der Waals surface area contributed by atoms with E-state index in [1.54, 1.807) is 0 Å². The summed E-state index contributed by atoms with van der Waals surface area (Å²) in [4.78, 5) is 0. The zero-order valence-corrected chi connectivity index (χ0v) is 8.46. The first kappa shape index (κ1) is 12.1. The van der Waals surface area contributed by atoms with E-state index in [0.717, 1.165) is 13.0 Å². The molecule has 0 radical (unpaired) electrons. The Kier molecular flexibility index (Phi) is 6.11. The molecule has 0 aliphatic heterocycles. The van der Waals surface area contributed by atoms with E-state index in [0.29, 0.717) is 0 Å². The fourth-order valence-corrected chi connectivity index (χ4v) is 1.27. The molecule has 0 N–H and O–H groups in total. The molecule has 0 aliphatic carbocycles. The summed E-state index contributed by atoms with van der Waals surface area (Å²) < 4.78 is 2.28. The predicted octanol–water partition coefficient (Wildman–Crippen LogP) is -0.659. The summed E-state index contributed by atoms with van der Waals surface area (Å²) in [5, 5.41) is 0. The highest BCUT2D eigenvalue weighted by Crippen LogP contribution is 1.95. The van der Waals surface area contributed by atoms with Crippen molar-refractivity contribution >= 4 is 0 Å². The van der Waals surface area contributed by atoms with E-state index < -0.39 is 0 Å². The van der Waals surface area contributed by atoms with Crippen LogP contribution in [0.25, 0.3) is 0 Å². The number of nitrogens with zero attached hydrogens (tertiary/aromatic N) is 1. The Morgan fingerprint density at radius 3 is 2.69 bits per heavy atom. The number of halogens is 1. The molecule has 0 aromatic carbocycles. The van der Waals surface area contributed by atoms with Gasteiger partial charge in [0.25, 0.3) is 0 Å². The molecule has 0 saturated heterocycles. The van der Waals surface area contributed by atoms with Gasteiger partial charge in [-0.3, -0.25) is 0 Å². The van der Waals surface area contributed by atoms with Crippen molar-refractivity contribution in [1.82, 2.24) is 0 Å². The van der Waals surface area contributed by atoms with Crippen LogP contribution in [-0.2, 0) is 13.0 Å². The van der Waals surface area contributed by atoms with Crippen LogP contribution in [0.2, 0.25) is 0 Å². The molecule has 2 heteroatoms. The first-order chi connectivity index (χ1) is 5.86. The second kappa shape index (κ2) is 6.58. The number of pyridine rings is 1. The van der Waals surface area contributed by atoms with Gasteiger partial charge in [-0.2, -0.15) is 0 Å². The molecule has 1 aromatic rings. The third-order valence-corrected chi connectivity index (χ3v) is 2.10. The van der Waals surface area contributed by atoms with Crippen molar-refractivity contribution in [3.63, 3.8) is 0 Å². The highest BCUT2D eigenvalue weighted by Gasteiger charge is 1.99. The van der Waals surface area contributed by atoms with E-state index in [2.05, 4.69) is 42.9 Å². The van der Waals surface area contributed by atoms with Gasteiger partial charge in [0.1, 0.15) is 6.54 Å². The van der Waals surface area contributed by atoms with E-state index in [-0.39, 0.29) is 4.70 Å². The van der Waals surface area contributed by atoms with Crippen LogP contribution in [0, 0.1) is 0 Å². The Labute approximate surface area is 79.8 Å². The number of rotatable bonds is 4. The fraction of sp³-hybridized carbons (Fsp3) is 0.545. The zero-order valence-electron chi connectivity index (χ0n) is 8.46. The maximum Gasteiger partial charge on any atom is 0.171 e. The minimum Gasteiger partial charge on any atom is -1.00 e. The third-order valence-electron chi connectivity index (χ3n) is 2.10. The van der Waals surface area contributed by atoms with E-state index >= 15 is 0 Å². The van der Waals surface area contributed by atoms with E-state index in [9.17, 15) is 0 Å². The molecule has 0 unspecified atom stereocenters. The molecule has 0 aliphatic rings. The summed E-state index contributed by atoms with van der Waals surface area (Å²) in [6.45, 7) is 5.58. The summed E-state index contributed by atoms with van der Waals surface area (Å²) >= 11 is 0. The Morgan fingerprint density at radius 2 is 2.08 bits per heavy atom. The van der Waals surface area contributed by atoms with Crippen LogP contribution >= 0.6 is 0 Å². The Balaban J connectivity index is 0.00000144. The molecule has 0 saturated carbocycles. The molecule has 1 heterocycles. The lowest BCUT2D eigenvalue weighted by Gasteiger charge is -1.96. The predicted molar refractivity (Wildman–Crippen MR) is 50.9 cm³/mol. The quantitative estimate of drug-likeness (QED) is 0.546. The first-order valence-electron chi connectivity index (χ1n) is 4.84. The van der Waals surface area contributed by atoms with Gasteiger partial charge in [-0.05, 0) is 12.5 Å². The van der Waals surface area contributed by atoms with Crippen LogP contribution in [0.5, 0.6) is 0 Å². The fourth-order valence-electron chi connectivity index (χ4n) is 1.27. The smallest absolute Gasteiger partial charge is 0.171 e. The molecule has 0 amide bonds. The molecule has 74 valence electrons. The van der Waals surface area contributed by atoms with E-state index in [1.807, 2.05) is 0 Å². The monoisotopic (exact) mass is 183 g/mol. The Bertz CT molecular complexity index is 235. The number of aryl methyl sites for hydroxylation is 2. The number of hydrogen-bond acceptors (Lipinski definition) is 0. The van der Waals surface area contributed by atoms with Crippen LogP contribution in [0.4, 0.5) is 0 Å². The lowest BCUT2D eigenvalue weighted by Crippen LogP contribution is -3.00. The van der Waals surface area contributed by atoms with Crippen molar-refractivity contribution in [2.45, 2.75) is 39.7 Å². The molecule has 1 rings (SSSR count). The standard InChI is InChI=1S/C11H18N.FH/c1-3-5-8-12-9-6-7-11(4-2)10-12;/h6-7,9-10H,3-5,8H2,1-2H3;1H/q+1;/p-1. The number of unbranched alkanes of at least 4 members (excludes halogenated alkanes) is 1. The SMILES string of the molecule is CCCC[n+]1cccc(CC)c1.[F-]. The van der Waals surface area contributed by atoms with Crippen LogP contribution < -0.4 is 9.27 Å². The van der Waals surface area contributed by atoms with Crippen molar-refractivity contribution in [3.8, 4) is 0 Å². The molecule has 0 spiro atoms. The number of aromatic nitrogens is 1. The Morgan fingerprint density at radius 1 is 1.31 bits per heavy atom. The molecule has 1 aromatic heterocycles. The largest absolute Gasteiger partial charge is 1.00 e. The summed E-state index contributed by atoms with van der Waals surface area (Å²) in [5.74, 6) is 0. The van der Waals surface area contributed by atoms with Crippen molar-refractivity contribution < 1.29 is 9.27 Å². The average molecular weight is 183 g/mol. The lowest BCUT2D eigenvalue weighted by atomic mass is 10.2. The third kappa shape index (κ3) is 4.02. The molecule has 0 fully saturated rings. The topological polar surface area (TPSA) is 3.88 Å². The van der Waals surface area contributed by atoms with Crippen LogP contribution in [-0.4, -0.2) is 0 Å². The highest BCUT2D eigenvalue weighted by molar-refractivity contribution is 5.04. The average Bonchev–Trinajstić information content (AvgIpc) is 2.15. The van der Waals surface area contributed by atoms with E-state index in [1.165, 1.54) is 18.4 Å². The van der Waals surface area contributed by atoms with Crippen LogP contribution in [0.3, 0.4) is 0 Å². The maximum atomic E-state index is 2.28. The molecule has 0 atom stereocenters. The van der Waals surface area contributed by atoms with Crippen molar-refractivity contribution in [2.75, 3.05) is 0 Å². The van der Waals surface area contributed by atoms with Crippen molar-refractivity contribution in [2.24, 2.45) is 0 Å². The molecule has 1 nitrogen and oxygen atoms in total. The minimum atomic E-state index is 0. The van der Waals surface area contributed by atoms with Gasteiger partial charge < -0.3 is 4.70 Å². The molecular formula is C11H18FN. The summed E-state index contributed by atoms with van der Waals surface area (Å²) in [7, 11) is 0. The second-order valence-electron chi connectivity index (χ2n) is 3.16. The van der Waals surface area contributed by atoms with Crippen molar-refractivity contribution in [3.05, 3.63) is 30.1 Å². The van der Waals surface area contributed by atoms with Gasteiger partial charge in [0.05, 0.1) is 0 Å². The maximum absolute atomic E-state index is 2.28. The first-order valence-corrected chi connectivity index (χ1v) is 4.84. The van der Waals surface area contributed by atoms with Gasteiger partial charge in [0, 0.05) is 18.1 Å². The molecular weight excluding hydrogens is 165 g/mol. The minimum absolute atomic E-state index is 0. The zero-order chi connectivity index (χ0) is 8.81. The van der Waals surface area contributed by atoms with Gasteiger partial charge in [0.2, 0.25) is 0 Å². The van der Waals surface area contributed by atoms with Gasteiger partial charge in [-0.25, -0.2) is 4.57 Å².